The van der Waals surface area contributed by atoms with Gasteiger partial charge in [-0.1, -0.05) is 23.2 Å². The summed E-state index contributed by atoms with van der Waals surface area (Å²) in [6.45, 7) is 5.55. The van der Waals surface area contributed by atoms with E-state index in [4.69, 9.17) is 28.9 Å². The Labute approximate surface area is 121 Å². The number of nitrogens with two attached hydrogens (primary N) is 1. The summed E-state index contributed by atoms with van der Waals surface area (Å²) in [5.74, 6) is 1.44. The molecule has 0 fully saturated rings. The number of nitrogens with one attached hydrogen (secondary N) is 1. The molecular weight excluding hydrogens is 285 g/mol. The second kappa shape index (κ2) is 5.67. The maximum atomic E-state index is 6.05. The monoisotopic (exact) mass is 299 g/mol. The van der Waals surface area contributed by atoms with Gasteiger partial charge in [-0.2, -0.15) is 0 Å². The number of nitrogens with zero attached hydrogens (tertiary/aromatic N) is 3. The maximum Gasteiger partial charge on any atom is 0.224 e. The van der Waals surface area contributed by atoms with Crippen molar-refractivity contribution in [1.82, 2.24) is 14.8 Å². The molecule has 1 heterocycles. The van der Waals surface area contributed by atoms with Crippen molar-refractivity contribution in [3.05, 3.63) is 22.2 Å². The van der Waals surface area contributed by atoms with Crippen molar-refractivity contribution >= 4 is 34.8 Å². The minimum absolute atomic E-state index is 0.376. The fraction of sp³-hybridized carbons (Fsp3) is 0.333. The average molecular weight is 300 g/mol. The van der Waals surface area contributed by atoms with E-state index in [9.17, 15) is 0 Å². The van der Waals surface area contributed by atoms with Crippen molar-refractivity contribution in [1.29, 1.82) is 0 Å². The van der Waals surface area contributed by atoms with Crippen molar-refractivity contribution in [2.75, 3.05) is 17.6 Å². The summed E-state index contributed by atoms with van der Waals surface area (Å²) in [5, 5.41) is 12.3. The van der Waals surface area contributed by atoms with Crippen molar-refractivity contribution in [3.8, 4) is 11.4 Å². The van der Waals surface area contributed by atoms with Gasteiger partial charge < -0.3 is 11.1 Å². The molecule has 1 aromatic heterocycles. The van der Waals surface area contributed by atoms with Crippen LogP contribution in [-0.4, -0.2) is 21.3 Å². The molecule has 5 nitrogen and oxygen atoms in total. The summed E-state index contributed by atoms with van der Waals surface area (Å²) < 4.78 is 1.96. The first-order chi connectivity index (χ1) is 9.08. The molecule has 0 radical (unpaired) electrons. The van der Waals surface area contributed by atoms with E-state index >= 15 is 0 Å². The molecular formula is C12H15Cl2N5. The van der Waals surface area contributed by atoms with Crippen LogP contribution in [-0.2, 0) is 6.54 Å². The van der Waals surface area contributed by atoms with E-state index in [2.05, 4.69) is 15.5 Å². The molecule has 0 saturated heterocycles. The minimum Gasteiger partial charge on any atom is -0.396 e. The third kappa shape index (κ3) is 2.62. The van der Waals surface area contributed by atoms with E-state index in [1.54, 1.807) is 12.1 Å². The highest BCUT2D eigenvalue weighted by molar-refractivity contribution is 6.39. The third-order valence-electron chi connectivity index (χ3n) is 2.74. The first kappa shape index (κ1) is 14.0. The van der Waals surface area contributed by atoms with Gasteiger partial charge in [0.1, 0.15) is 0 Å². The Kier molecular flexibility index (Phi) is 4.17. The fourth-order valence-corrected chi connectivity index (χ4v) is 2.31. The van der Waals surface area contributed by atoms with Crippen LogP contribution in [0.1, 0.15) is 13.8 Å². The quantitative estimate of drug-likeness (QED) is 0.850. The molecule has 0 aliphatic rings. The lowest BCUT2D eigenvalue weighted by atomic mass is 10.2. The van der Waals surface area contributed by atoms with Gasteiger partial charge in [0, 0.05) is 18.7 Å². The van der Waals surface area contributed by atoms with E-state index in [0.717, 1.165) is 24.6 Å². The van der Waals surface area contributed by atoms with Gasteiger partial charge in [-0.3, -0.25) is 4.57 Å². The van der Waals surface area contributed by atoms with Crippen molar-refractivity contribution in [2.45, 2.75) is 20.4 Å². The van der Waals surface area contributed by atoms with Gasteiger partial charge in [-0.15, -0.1) is 10.2 Å². The molecule has 0 bridgehead atoms. The van der Waals surface area contributed by atoms with Crippen LogP contribution in [0.25, 0.3) is 11.4 Å². The SMILES string of the molecule is CCNc1nnc(-c2cc(Cl)c(N)c(Cl)c2)n1CC. The molecule has 0 spiro atoms. The second-order valence-electron chi connectivity index (χ2n) is 3.98. The highest BCUT2D eigenvalue weighted by atomic mass is 35.5. The Morgan fingerprint density at radius 2 is 1.84 bits per heavy atom. The smallest absolute Gasteiger partial charge is 0.224 e. The number of aromatic nitrogens is 3. The van der Waals surface area contributed by atoms with E-state index in [0.29, 0.717) is 21.6 Å². The van der Waals surface area contributed by atoms with Crippen LogP contribution in [0.2, 0.25) is 10.0 Å². The molecule has 19 heavy (non-hydrogen) atoms. The molecule has 7 heteroatoms. The Morgan fingerprint density at radius 3 is 2.37 bits per heavy atom. The molecule has 0 unspecified atom stereocenters. The molecule has 2 rings (SSSR count). The normalized spacial score (nSPS) is 10.7. The molecule has 102 valence electrons. The predicted molar refractivity (Wildman–Crippen MR) is 79.7 cm³/mol. The van der Waals surface area contributed by atoms with Crippen molar-refractivity contribution in [2.24, 2.45) is 0 Å². The predicted octanol–water partition coefficient (Wildman–Crippen LogP) is 3.29. The zero-order valence-electron chi connectivity index (χ0n) is 10.7. The Bertz CT molecular complexity index is 571. The Morgan fingerprint density at radius 1 is 1.21 bits per heavy atom. The van der Waals surface area contributed by atoms with Gasteiger partial charge in [0.05, 0.1) is 15.7 Å². The van der Waals surface area contributed by atoms with Gasteiger partial charge in [-0.05, 0) is 26.0 Å². The molecule has 3 N–H and O–H groups in total. The highest BCUT2D eigenvalue weighted by Gasteiger charge is 2.14. The van der Waals surface area contributed by atoms with Crippen LogP contribution < -0.4 is 11.1 Å². The average Bonchev–Trinajstić information content (AvgIpc) is 2.78. The summed E-state index contributed by atoms with van der Waals surface area (Å²) in [6, 6.07) is 3.49. The van der Waals surface area contributed by atoms with E-state index in [1.165, 1.54) is 0 Å². The van der Waals surface area contributed by atoms with Crippen LogP contribution >= 0.6 is 23.2 Å². The summed E-state index contributed by atoms with van der Waals surface area (Å²) in [6.07, 6.45) is 0. The standard InChI is InChI=1S/C12H15Cl2N5/c1-3-16-12-18-17-11(19(12)4-2)7-5-8(13)10(15)9(14)6-7/h5-6H,3-4,15H2,1-2H3,(H,16,18). The number of hydrogen-bond donors (Lipinski definition) is 2. The molecule has 0 atom stereocenters. The molecule has 0 amide bonds. The van der Waals surface area contributed by atoms with E-state index < -0.39 is 0 Å². The lowest BCUT2D eigenvalue weighted by Gasteiger charge is -2.09. The van der Waals surface area contributed by atoms with Gasteiger partial charge in [0.15, 0.2) is 5.82 Å². The number of halogens is 2. The number of benzene rings is 1. The topological polar surface area (TPSA) is 68.8 Å². The Balaban J connectivity index is 2.53. The van der Waals surface area contributed by atoms with E-state index in [1.807, 2.05) is 18.4 Å². The van der Waals surface area contributed by atoms with Crippen LogP contribution in [0.15, 0.2) is 12.1 Å². The Hall–Kier alpha value is -1.46. The maximum absolute atomic E-state index is 6.05. The van der Waals surface area contributed by atoms with Gasteiger partial charge in [0.2, 0.25) is 5.95 Å². The summed E-state index contributed by atoms with van der Waals surface area (Å²) in [4.78, 5) is 0. The zero-order valence-corrected chi connectivity index (χ0v) is 12.3. The molecule has 0 saturated carbocycles. The number of hydrogen-bond acceptors (Lipinski definition) is 4. The van der Waals surface area contributed by atoms with Gasteiger partial charge in [-0.25, -0.2) is 0 Å². The summed E-state index contributed by atoms with van der Waals surface area (Å²) in [5.41, 5.74) is 6.90. The third-order valence-corrected chi connectivity index (χ3v) is 3.36. The van der Waals surface area contributed by atoms with Crippen LogP contribution in [0.3, 0.4) is 0 Å². The zero-order chi connectivity index (χ0) is 14.0. The molecule has 1 aromatic carbocycles. The summed E-state index contributed by atoms with van der Waals surface area (Å²) in [7, 11) is 0. The first-order valence-corrected chi connectivity index (χ1v) is 6.76. The van der Waals surface area contributed by atoms with Gasteiger partial charge >= 0.3 is 0 Å². The second-order valence-corrected chi connectivity index (χ2v) is 4.79. The van der Waals surface area contributed by atoms with Crippen LogP contribution in [0.5, 0.6) is 0 Å². The number of nitrogen functional groups attached to an aromatic ring is 1. The first-order valence-electron chi connectivity index (χ1n) is 6.00. The van der Waals surface area contributed by atoms with E-state index in [-0.39, 0.29) is 0 Å². The van der Waals surface area contributed by atoms with Crippen LogP contribution in [0.4, 0.5) is 11.6 Å². The fourth-order valence-electron chi connectivity index (χ4n) is 1.82. The largest absolute Gasteiger partial charge is 0.396 e. The number of anilines is 2. The van der Waals surface area contributed by atoms with Crippen molar-refractivity contribution < 1.29 is 0 Å². The highest BCUT2D eigenvalue weighted by Crippen LogP contribution is 2.33. The molecule has 0 aliphatic carbocycles. The molecule has 0 aliphatic heterocycles. The van der Waals surface area contributed by atoms with Gasteiger partial charge in [0.25, 0.3) is 0 Å². The number of rotatable bonds is 4. The lowest BCUT2D eigenvalue weighted by Crippen LogP contribution is -2.07. The van der Waals surface area contributed by atoms with Crippen molar-refractivity contribution in [3.63, 3.8) is 0 Å². The summed E-state index contributed by atoms with van der Waals surface area (Å²) >= 11 is 12.1. The lowest BCUT2D eigenvalue weighted by molar-refractivity contribution is 0.770. The minimum atomic E-state index is 0.376. The van der Waals surface area contributed by atoms with Crippen LogP contribution in [0, 0.1) is 0 Å². The molecule has 2 aromatic rings.